The SMILES string of the molecule is COC(=O)c1ccc(C(O)CNC(C)Cc2ccc(OC)cc2)s1. The minimum Gasteiger partial charge on any atom is -0.497 e. The Balaban J connectivity index is 1.82. The molecule has 6 heteroatoms. The van der Waals surface area contributed by atoms with Gasteiger partial charge in [0.25, 0.3) is 0 Å². The van der Waals surface area contributed by atoms with Gasteiger partial charge in [0.05, 0.1) is 14.2 Å². The molecule has 0 amide bonds. The van der Waals surface area contributed by atoms with E-state index in [9.17, 15) is 9.90 Å². The maximum Gasteiger partial charge on any atom is 0.348 e. The number of aliphatic hydroxyl groups excluding tert-OH is 1. The van der Waals surface area contributed by atoms with E-state index >= 15 is 0 Å². The van der Waals surface area contributed by atoms with Gasteiger partial charge in [-0.25, -0.2) is 4.79 Å². The predicted molar refractivity (Wildman–Crippen MR) is 94.8 cm³/mol. The fourth-order valence-electron chi connectivity index (χ4n) is 2.34. The second kappa shape index (κ2) is 8.82. The van der Waals surface area contributed by atoms with Crippen LogP contribution in [0.2, 0.25) is 0 Å². The van der Waals surface area contributed by atoms with Crippen LogP contribution in [0.15, 0.2) is 36.4 Å². The number of aliphatic hydroxyl groups is 1. The molecule has 2 rings (SSSR count). The Kier molecular flexibility index (Phi) is 6.78. The molecule has 0 aliphatic carbocycles. The fourth-order valence-corrected chi connectivity index (χ4v) is 3.26. The molecule has 2 atom stereocenters. The first kappa shape index (κ1) is 18.4. The molecular formula is C18H23NO4S. The summed E-state index contributed by atoms with van der Waals surface area (Å²) in [4.78, 5) is 12.7. The van der Waals surface area contributed by atoms with Gasteiger partial charge in [-0.05, 0) is 43.2 Å². The third-order valence-corrected chi connectivity index (χ3v) is 4.87. The Bertz CT molecular complexity index is 653. The van der Waals surface area contributed by atoms with Gasteiger partial charge in [0, 0.05) is 17.5 Å². The number of hydrogen-bond acceptors (Lipinski definition) is 6. The van der Waals surface area contributed by atoms with Gasteiger partial charge in [0.1, 0.15) is 16.7 Å². The zero-order valence-corrected chi connectivity index (χ0v) is 14.9. The summed E-state index contributed by atoms with van der Waals surface area (Å²) in [5.74, 6) is 0.466. The summed E-state index contributed by atoms with van der Waals surface area (Å²) < 4.78 is 9.82. The Morgan fingerprint density at radius 1 is 1.21 bits per heavy atom. The molecule has 2 unspecified atom stereocenters. The molecule has 1 aromatic heterocycles. The van der Waals surface area contributed by atoms with Crippen LogP contribution in [0.5, 0.6) is 5.75 Å². The van der Waals surface area contributed by atoms with E-state index in [4.69, 9.17) is 4.74 Å². The van der Waals surface area contributed by atoms with Crippen molar-refractivity contribution < 1.29 is 19.4 Å². The van der Waals surface area contributed by atoms with Gasteiger partial charge in [-0.1, -0.05) is 12.1 Å². The third-order valence-electron chi connectivity index (χ3n) is 3.70. The topological polar surface area (TPSA) is 67.8 Å². The predicted octanol–water partition coefficient (Wildman–Crippen LogP) is 2.80. The number of benzene rings is 1. The fraction of sp³-hybridized carbons (Fsp3) is 0.389. The highest BCUT2D eigenvalue weighted by Crippen LogP contribution is 2.23. The number of carbonyl (C=O) groups is 1. The van der Waals surface area contributed by atoms with Crippen LogP contribution in [0.25, 0.3) is 0 Å². The van der Waals surface area contributed by atoms with Crippen molar-refractivity contribution in [3.05, 3.63) is 51.7 Å². The number of thiophene rings is 1. The van der Waals surface area contributed by atoms with E-state index in [0.29, 0.717) is 11.4 Å². The Morgan fingerprint density at radius 3 is 2.54 bits per heavy atom. The highest BCUT2D eigenvalue weighted by Gasteiger charge is 2.15. The molecule has 0 fully saturated rings. The number of nitrogens with one attached hydrogen (secondary N) is 1. The lowest BCUT2D eigenvalue weighted by molar-refractivity contribution is 0.0606. The van der Waals surface area contributed by atoms with E-state index in [1.807, 2.05) is 24.3 Å². The molecule has 24 heavy (non-hydrogen) atoms. The van der Waals surface area contributed by atoms with Crippen molar-refractivity contribution in [2.75, 3.05) is 20.8 Å². The normalized spacial score (nSPS) is 13.3. The van der Waals surface area contributed by atoms with Crippen LogP contribution in [0.3, 0.4) is 0 Å². The van der Waals surface area contributed by atoms with Crippen molar-refractivity contribution in [3.8, 4) is 5.75 Å². The van der Waals surface area contributed by atoms with E-state index in [2.05, 4.69) is 17.0 Å². The largest absolute Gasteiger partial charge is 0.497 e. The molecule has 0 spiro atoms. The molecule has 5 nitrogen and oxygen atoms in total. The lowest BCUT2D eigenvalue weighted by atomic mass is 10.1. The number of ether oxygens (including phenoxy) is 2. The van der Waals surface area contributed by atoms with Gasteiger partial charge in [-0.15, -0.1) is 11.3 Å². The van der Waals surface area contributed by atoms with Gasteiger partial charge in [-0.3, -0.25) is 0 Å². The highest BCUT2D eigenvalue weighted by molar-refractivity contribution is 7.14. The quantitative estimate of drug-likeness (QED) is 0.717. The second-order valence-electron chi connectivity index (χ2n) is 5.57. The van der Waals surface area contributed by atoms with Crippen LogP contribution in [0.4, 0.5) is 0 Å². The smallest absolute Gasteiger partial charge is 0.348 e. The molecule has 1 aromatic carbocycles. The van der Waals surface area contributed by atoms with Crippen molar-refractivity contribution in [1.82, 2.24) is 5.32 Å². The molecule has 0 saturated carbocycles. The summed E-state index contributed by atoms with van der Waals surface area (Å²) in [6, 6.07) is 11.6. The zero-order chi connectivity index (χ0) is 17.5. The van der Waals surface area contributed by atoms with E-state index in [1.165, 1.54) is 24.0 Å². The van der Waals surface area contributed by atoms with Crippen LogP contribution in [-0.4, -0.2) is 37.9 Å². The average molecular weight is 349 g/mol. The Hall–Kier alpha value is -1.89. The molecule has 130 valence electrons. The molecule has 2 aromatic rings. The molecule has 0 aliphatic rings. The monoisotopic (exact) mass is 349 g/mol. The minimum atomic E-state index is -0.647. The summed E-state index contributed by atoms with van der Waals surface area (Å²) in [7, 11) is 3.00. The second-order valence-corrected chi connectivity index (χ2v) is 6.69. The molecule has 0 saturated heterocycles. The highest BCUT2D eigenvalue weighted by atomic mass is 32.1. The molecule has 2 N–H and O–H groups in total. The first-order valence-corrected chi connectivity index (χ1v) is 8.57. The van der Waals surface area contributed by atoms with Gasteiger partial charge in [-0.2, -0.15) is 0 Å². The van der Waals surface area contributed by atoms with E-state index in [0.717, 1.165) is 17.0 Å². The molecular weight excluding hydrogens is 326 g/mol. The van der Waals surface area contributed by atoms with Crippen molar-refractivity contribution in [2.24, 2.45) is 0 Å². The first-order valence-electron chi connectivity index (χ1n) is 7.76. The van der Waals surface area contributed by atoms with Gasteiger partial charge < -0.3 is 19.9 Å². The van der Waals surface area contributed by atoms with Crippen LogP contribution in [0, 0.1) is 0 Å². The van der Waals surface area contributed by atoms with Crippen LogP contribution >= 0.6 is 11.3 Å². The summed E-state index contributed by atoms with van der Waals surface area (Å²) in [6.45, 7) is 2.50. The zero-order valence-electron chi connectivity index (χ0n) is 14.1. The van der Waals surface area contributed by atoms with Crippen molar-refractivity contribution >= 4 is 17.3 Å². The summed E-state index contributed by atoms with van der Waals surface area (Å²) in [5.41, 5.74) is 1.20. The molecule has 0 bridgehead atoms. The van der Waals surface area contributed by atoms with Crippen molar-refractivity contribution in [3.63, 3.8) is 0 Å². The van der Waals surface area contributed by atoms with Crippen LogP contribution in [0.1, 0.15) is 33.1 Å². The van der Waals surface area contributed by atoms with Crippen LogP contribution < -0.4 is 10.1 Å². The number of rotatable bonds is 8. The number of methoxy groups -OCH3 is 2. The summed E-state index contributed by atoms with van der Waals surface area (Å²) in [6.07, 6.45) is 0.209. The number of carbonyl (C=O) groups excluding carboxylic acids is 1. The number of hydrogen-bond donors (Lipinski definition) is 2. The van der Waals surface area contributed by atoms with E-state index in [1.54, 1.807) is 19.2 Å². The Morgan fingerprint density at radius 2 is 1.92 bits per heavy atom. The lowest BCUT2D eigenvalue weighted by Gasteiger charge is -2.16. The maximum absolute atomic E-state index is 11.4. The summed E-state index contributed by atoms with van der Waals surface area (Å²) in [5, 5.41) is 13.6. The van der Waals surface area contributed by atoms with Crippen molar-refractivity contribution in [1.29, 1.82) is 0 Å². The summed E-state index contributed by atoms with van der Waals surface area (Å²) >= 11 is 1.25. The lowest BCUT2D eigenvalue weighted by Crippen LogP contribution is -2.31. The maximum atomic E-state index is 11.4. The standard InChI is InChI=1S/C18H23NO4S/c1-12(10-13-4-6-14(22-2)7-5-13)19-11-15(20)16-8-9-17(24-16)18(21)23-3/h4-9,12,15,19-20H,10-11H2,1-3H3. The first-order chi connectivity index (χ1) is 11.5. The van der Waals surface area contributed by atoms with E-state index < -0.39 is 6.10 Å². The van der Waals surface area contributed by atoms with Gasteiger partial charge >= 0.3 is 5.97 Å². The third kappa shape index (κ3) is 5.06. The molecule has 0 radical (unpaired) electrons. The van der Waals surface area contributed by atoms with Gasteiger partial charge in [0.2, 0.25) is 0 Å². The Labute approximate surface area is 146 Å². The average Bonchev–Trinajstić information content (AvgIpc) is 3.10. The molecule has 1 heterocycles. The van der Waals surface area contributed by atoms with E-state index in [-0.39, 0.29) is 12.0 Å². The minimum absolute atomic E-state index is 0.216. The molecule has 0 aliphatic heterocycles. The van der Waals surface area contributed by atoms with Crippen LogP contribution in [-0.2, 0) is 11.2 Å². The van der Waals surface area contributed by atoms with Crippen molar-refractivity contribution in [2.45, 2.75) is 25.5 Å². The number of esters is 1. The van der Waals surface area contributed by atoms with Gasteiger partial charge in [0.15, 0.2) is 0 Å².